The van der Waals surface area contributed by atoms with Crippen molar-refractivity contribution < 1.29 is 0 Å². The molecule has 2 heterocycles. The van der Waals surface area contributed by atoms with E-state index in [1.54, 1.807) is 23.6 Å². The van der Waals surface area contributed by atoms with Crippen molar-refractivity contribution in [1.29, 1.82) is 0 Å². The molecule has 0 fully saturated rings. The van der Waals surface area contributed by atoms with Gasteiger partial charge in [0.15, 0.2) is 0 Å². The van der Waals surface area contributed by atoms with Gasteiger partial charge in [0.1, 0.15) is 0 Å². The van der Waals surface area contributed by atoms with Crippen molar-refractivity contribution in [2.24, 2.45) is 0 Å². The molecule has 114 valence electrons. The van der Waals surface area contributed by atoms with Gasteiger partial charge >= 0.3 is 0 Å². The summed E-state index contributed by atoms with van der Waals surface area (Å²) < 4.78 is 1.50. The highest BCUT2D eigenvalue weighted by Gasteiger charge is 2.04. The van der Waals surface area contributed by atoms with Crippen LogP contribution in [0, 0.1) is 0 Å². The van der Waals surface area contributed by atoms with Gasteiger partial charge in [0.2, 0.25) is 0 Å². The fourth-order valence-electron chi connectivity index (χ4n) is 2.07. The van der Waals surface area contributed by atoms with Crippen LogP contribution in [0.3, 0.4) is 0 Å². The summed E-state index contributed by atoms with van der Waals surface area (Å²) in [5.74, 6) is 0. The molecule has 0 radical (unpaired) electrons. The molecule has 2 rings (SSSR count). The standard InChI is InChI=1S/C15H22N4OS/c1-3-7-18(2)13-10-15(20)19(17-11-13)8-6-16-12-14-5-4-9-21-14/h4-5,9-11,16H,3,6-8,12H2,1-2H3. The number of anilines is 1. The number of nitrogens with one attached hydrogen (secondary N) is 1. The normalized spacial score (nSPS) is 10.8. The lowest BCUT2D eigenvalue weighted by atomic mass is 10.3. The lowest BCUT2D eigenvalue weighted by molar-refractivity contribution is 0.533. The summed E-state index contributed by atoms with van der Waals surface area (Å²) in [5.41, 5.74) is 0.832. The summed E-state index contributed by atoms with van der Waals surface area (Å²) in [6, 6.07) is 5.79. The first-order valence-corrected chi connectivity index (χ1v) is 8.10. The van der Waals surface area contributed by atoms with E-state index in [0.717, 1.165) is 31.7 Å². The smallest absolute Gasteiger partial charge is 0.268 e. The van der Waals surface area contributed by atoms with Crippen LogP contribution in [0.4, 0.5) is 5.69 Å². The van der Waals surface area contributed by atoms with Crippen LogP contribution < -0.4 is 15.8 Å². The first kappa shape index (κ1) is 15.7. The second kappa shape index (κ2) is 7.95. The van der Waals surface area contributed by atoms with Crippen LogP contribution in [0.2, 0.25) is 0 Å². The summed E-state index contributed by atoms with van der Waals surface area (Å²) in [5, 5.41) is 9.63. The summed E-state index contributed by atoms with van der Waals surface area (Å²) in [4.78, 5) is 15.4. The van der Waals surface area contributed by atoms with Crippen molar-refractivity contribution in [2.45, 2.75) is 26.4 Å². The molecular weight excluding hydrogens is 284 g/mol. The zero-order valence-corrected chi connectivity index (χ0v) is 13.4. The Balaban J connectivity index is 1.84. The molecule has 21 heavy (non-hydrogen) atoms. The molecule has 6 heteroatoms. The van der Waals surface area contributed by atoms with Crippen LogP contribution in [-0.4, -0.2) is 29.9 Å². The third-order valence-corrected chi connectivity index (χ3v) is 4.11. The van der Waals surface area contributed by atoms with E-state index in [2.05, 4.69) is 28.8 Å². The van der Waals surface area contributed by atoms with Crippen molar-refractivity contribution in [3.8, 4) is 0 Å². The molecule has 0 aliphatic heterocycles. The van der Waals surface area contributed by atoms with E-state index in [1.165, 1.54) is 9.56 Å². The van der Waals surface area contributed by atoms with E-state index in [4.69, 9.17) is 0 Å². The molecule has 0 atom stereocenters. The molecule has 0 aliphatic rings. The Hall–Kier alpha value is -1.66. The highest BCUT2D eigenvalue weighted by atomic mass is 32.1. The number of hydrogen-bond acceptors (Lipinski definition) is 5. The summed E-state index contributed by atoms with van der Waals surface area (Å²) in [7, 11) is 1.98. The largest absolute Gasteiger partial charge is 0.373 e. The van der Waals surface area contributed by atoms with Gasteiger partial charge in [0.05, 0.1) is 18.4 Å². The van der Waals surface area contributed by atoms with Crippen LogP contribution in [-0.2, 0) is 13.1 Å². The van der Waals surface area contributed by atoms with E-state index < -0.39 is 0 Å². The third-order valence-electron chi connectivity index (χ3n) is 3.23. The molecule has 0 saturated carbocycles. The van der Waals surface area contributed by atoms with Gasteiger partial charge < -0.3 is 10.2 Å². The van der Waals surface area contributed by atoms with Gasteiger partial charge in [0, 0.05) is 37.6 Å². The van der Waals surface area contributed by atoms with Crippen molar-refractivity contribution in [1.82, 2.24) is 15.1 Å². The monoisotopic (exact) mass is 306 g/mol. The van der Waals surface area contributed by atoms with Crippen LogP contribution in [0.5, 0.6) is 0 Å². The molecule has 0 aliphatic carbocycles. The maximum absolute atomic E-state index is 12.0. The number of thiophene rings is 1. The van der Waals surface area contributed by atoms with Crippen molar-refractivity contribution in [3.63, 3.8) is 0 Å². The molecule has 0 unspecified atom stereocenters. The topological polar surface area (TPSA) is 50.2 Å². The Bertz CT molecular complexity index is 594. The van der Waals surface area contributed by atoms with Crippen LogP contribution in [0.1, 0.15) is 18.2 Å². The average molecular weight is 306 g/mol. The summed E-state index contributed by atoms with van der Waals surface area (Å²) in [6.45, 7) is 5.19. The number of aromatic nitrogens is 2. The minimum absolute atomic E-state index is 0.0478. The van der Waals surface area contributed by atoms with E-state index in [9.17, 15) is 4.79 Å². The quantitative estimate of drug-likeness (QED) is 0.757. The zero-order chi connectivity index (χ0) is 15.1. The summed E-state index contributed by atoms with van der Waals surface area (Å²) in [6.07, 6.45) is 2.81. The fourth-order valence-corrected chi connectivity index (χ4v) is 2.75. The molecule has 2 aromatic rings. The van der Waals surface area contributed by atoms with E-state index in [1.807, 2.05) is 18.0 Å². The number of hydrogen-bond donors (Lipinski definition) is 1. The zero-order valence-electron chi connectivity index (χ0n) is 12.6. The number of rotatable bonds is 8. The predicted molar refractivity (Wildman–Crippen MR) is 88.1 cm³/mol. The van der Waals surface area contributed by atoms with E-state index in [-0.39, 0.29) is 5.56 Å². The van der Waals surface area contributed by atoms with E-state index >= 15 is 0 Å². The SMILES string of the molecule is CCCN(C)c1cnn(CCNCc2cccs2)c(=O)c1. The van der Waals surface area contributed by atoms with Gasteiger partial charge in [0.25, 0.3) is 5.56 Å². The lowest BCUT2D eigenvalue weighted by Gasteiger charge is -2.17. The molecule has 0 amide bonds. The van der Waals surface area contributed by atoms with Gasteiger partial charge in [-0.1, -0.05) is 13.0 Å². The van der Waals surface area contributed by atoms with Gasteiger partial charge in [-0.3, -0.25) is 4.79 Å². The van der Waals surface area contributed by atoms with E-state index in [0.29, 0.717) is 6.54 Å². The Labute approximate surface area is 129 Å². The first-order valence-electron chi connectivity index (χ1n) is 7.22. The molecule has 2 aromatic heterocycles. The third kappa shape index (κ3) is 4.68. The molecule has 0 aromatic carbocycles. The van der Waals surface area contributed by atoms with Gasteiger partial charge in [-0.15, -0.1) is 11.3 Å². The van der Waals surface area contributed by atoms with Crippen molar-refractivity contribution in [2.75, 3.05) is 25.0 Å². The Morgan fingerprint density at radius 3 is 3.00 bits per heavy atom. The molecule has 0 saturated heterocycles. The maximum Gasteiger partial charge on any atom is 0.268 e. The minimum Gasteiger partial charge on any atom is -0.373 e. The molecule has 5 nitrogen and oxygen atoms in total. The van der Waals surface area contributed by atoms with Crippen molar-refractivity contribution in [3.05, 3.63) is 45.0 Å². The maximum atomic E-state index is 12.0. The second-order valence-electron chi connectivity index (χ2n) is 4.95. The highest BCUT2D eigenvalue weighted by molar-refractivity contribution is 7.09. The second-order valence-corrected chi connectivity index (χ2v) is 5.99. The minimum atomic E-state index is -0.0478. The first-order chi connectivity index (χ1) is 10.2. The fraction of sp³-hybridized carbons (Fsp3) is 0.467. The predicted octanol–water partition coefficient (Wildman–Crippen LogP) is 1.94. The molecular formula is C15H22N4OS. The average Bonchev–Trinajstić information content (AvgIpc) is 2.98. The summed E-state index contributed by atoms with van der Waals surface area (Å²) >= 11 is 1.73. The van der Waals surface area contributed by atoms with Gasteiger partial charge in [-0.05, 0) is 17.9 Å². The van der Waals surface area contributed by atoms with Crippen molar-refractivity contribution >= 4 is 17.0 Å². The molecule has 0 spiro atoms. The van der Waals surface area contributed by atoms with Gasteiger partial charge in [-0.2, -0.15) is 5.10 Å². The molecule has 0 bridgehead atoms. The van der Waals surface area contributed by atoms with Gasteiger partial charge in [-0.25, -0.2) is 4.68 Å². The Kier molecular flexibility index (Phi) is 5.95. The molecule has 1 N–H and O–H groups in total. The Morgan fingerprint density at radius 2 is 2.33 bits per heavy atom. The highest BCUT2D eigenvalue weighted by Crippen LogP contribution is 2.08. The lowest BCUT2D eigenvalue weighted by Crippen LogP contribution is -2.29. The van der Waals surface area contributed by atoms with Crippen LogP contribution >= 0.6 is 11.3 Å². The van der Waals surface area contributed by atoms with Crippen LogP contribution in [0.25, 0.3) is 0 Å². The van der Waals surface area contributed by atoms with Crippen LogP contribution in [0.15, 0.2) is 34.6 Å². The number of nitrogens with zero attached hydrogens (tertiary/aromatic N) is 3. The Morgan fingerprint density at radius 1 is 1.48 bits per heavy atom.